The minimum atomic E-state index is -1.13. The molecule has 212 valence electrons. The van der Waals surface area contributed by atoms with E-state index in [0.717, 1.165) is 36.9 Å². The third-order valence-corrected chi connectivity index (χ3v) is 9.45. The molecule has 1 aliphatic carbocycles. The summed E-state index contributed by atoms with van der Waals surface area (Å²) in [4.78, 5) is 45.6. The molecule has 2 saturated heterocycles. The molecule has 2 N–H and O–H groups in total. The summed E-state index contributed by atoms with van der Waals surface area (Å²) in [6, 6.07) is 5.19. The van der Waals surface area contributed by atoms with Crippen LogP contribution in [0.25, 0.3) is 0 Å². The Morgan fingerprint density at radius 1 is 1.10 bits per heavy atom. The van der Waals surface area contributed by atoms with Crippen molar-refractivity contribution in [3.05, 3.63) is 41.5 Å². The molecule has 3 fully saturated rings. The van der Waals surface area contributed by atoms with Crippen molar-refractivity contribution in [2.75, 3.05) is 32.5 Å². The fourth-order valence-corrected chi connectivity index (χ4v) is 7.38. The molecule has 8 atom stereocenters. The second-order valence-corrected chi connectivity index (χ2v) is 12.6. The van der Waals surface area contributed by atoms with E-state index in [9.17, 15) is 14.4 Å². The maximum atomic E-state index is 14.1. The maximum Gasteiger partial charge on any atom is 0.246 e. The Morgan fingerprint density at radius 2 is 1.82 bits per heavy atom. The molecule has 1 aromatic carbocycles. The lowest BCUT2D eigenvalue weighted by molar-refractivity contribution is -0.141. The first-order valence-electron chi connectivity index (χ1n) is 14.5. The molecule has 1 spiro atoms. The van der Waals surface area contributed by atoms with Crippen LogP contribution in [0.3, 0.4) is 0 Å². The molecule has 0 radical (unpaired) electrons. The van der Waals surface area contributed by atoms with Crippen LogP contribution in [0.4, 0.5) is 5.69 Å². The molecule has 0 unspecified atom stereocenters. The molecular weight excluding hydrogens is 492 g/mol. The van der Waals surface area contributed by atoms with Crippen molar-refractivity contribution in [3.8, 4) is 0 Å². The predicted octanol–water partition coefficient (Wildman–Crippen LogP) is 3.29. The topological polar surface area (TPSA) is 91.0 Å². The number of hydrogen-bond acceptors (Lipinski definition) is 5. The van der Waals surface area contributed by atoms with Gasteiger partial charge in [0, 0.05) is 18.3 Å². The number of carbonyl (C=O) groups excluding carboxylic acids is 3. The van der Waals surface area contributed by atoms with Crippen LogP contribution >= 0.6 is 0 Å². The summed E-state index contributed by atoms with van der Waals surface area (Å²) >= 11 is 0. The quantitative estimate of drug-likeness (QED) is 0.498. The zero-order valence-electron chi connectivity index (χ0n) is 24.2. The first-order valence-corrected chi connectivity index (χ1v) is 14.5. The van der Waals surface area contributed by atoms with Gasteiger partial charge in [-0.1, -0.05) is 44.9 Å². The lowest BCUT2D eigenvalue weighted by atomic mass is 9.73. The molecule has 3 heterocycles. The van der Waals surface area contributed by atoms with E-state index in [4.69, 9.17) is 4.74 Å². The summed E-state index contributed by atoms with van der Waals surface area (Å²) < 4.78 is 6.50. The normalized spacial score (nSPS) is 35.0. The molecule has 8 nitrogen and oxygen atoms in total. The van der Waals surface area contributed by atoms with E-state index < -0.39 is 29.6 Å². The van der Waals surface area contributed by atoms with Gasteiger partial charge in [0.1, 0.15) is 11.6 Å². The molecule has 3 aliphatic heterocycles. The summed E-state index contributed by atoms with van der Waals surface area (Å²) in [6.45, 7) is 9.66. The number of carbonyl (C=O) groups is 3. The van der Waals surface area contributed by atoms with Crippen LogP contribution in [0.2, 0.25) is 0 Å². The Morgan fingerprint density at radius 3 is 2.51 bits per heavy atom. The minimum Gasteiger partial charge on any atom is -0.359 e. The van der Waals surface area contributed by atoms with Crippen LogP contribution in [0.5, 0.6) is 0 Å². The maximum absolute atomic E-state index is 14.1. The third kappa shape index (κ3) is 5.02. The van der Waals surface area contributed by atoms with E-state index in [1.54, 1.807) is 4.90 Å². The van der Waals surface area contributed by atoms with Crippen LogP contribution in [0.1, 0.15) is 50.7 Å². The number of likely N-dealkylation sites (tertiary alicyclic amines) is 1. The Hall–Kier alpha value is -2.71. The standard InChI is InChI=1S/C31H44N4O4/c1-18-15-19(2)17-22(16-18)32-28(36)25-24-11-12-31(39-24)26(25)30(38)35(14-8-13-34(5)6)27(31)29(37)33-23-10-7-9-20(3)21(23)4/h11-12,15-17,20-21,23-27H,7-10,13-14H2,1-6H3,(H,32,36)(H,33,37)/t20-,21+,23+,24+,25-,26+,27+,31+/m0/s1. The van der Waals surface area contributed by atoms with Gasteiger partial charge >= 0.3 is 0 Å². The van der Waals surface area contributed by atoms with Gasteiger partial charge in [0.15, 0.2) is 0 Å². The Bertz CT molecular complexity index is 1140. The SMILES string of the molecule is Cc1cc(C)cc(NC(=O)[C@H]2[C@H]3C=C[C@@]4(O3)[C@H]2C(=O)N(CCCN(C)C)[C@@H]4C(=O)N[C@@H]2CCC[C@H](C)[C@H]2C)c1. The molecule has 3 amide bonds. The van der Waals surface area contributed by atoms with Crippen LogP contribution in [-0.2, 0) is 19.1 Å². The molecule has 1 aromatic rings. The molecule has 8 heteroatoms. The highest BCUT2D eigenvalue weighted by Crippen LogP contribution is 2.55. The van der Waals surface area contributed by atoms with Gasteiger partial charge in [-0.2, -0.15) is 0 Å². The van der Waals surface area contributed by atoms with Crippen molar-refractivity contribution >= 4 is 23.4 Å². The first kappa shape index (κ1) is 27.8. The van der Waals surface area contributed by atoms with Gasteiger partial charge in [0.2, 0.25) is 17.7 Å². The third-order valence-electron chi connectivity index (χ3n) is 9.45. The zero-order chi connectivity index (χ0) is 28.1. The van der Waals surface area contributed by atoms with E-state index in [2.05, 4.69) is 35.4 Å². The van der Waals surface area contributed by atoms with Crippen molar-refractivity contribution < 1.29 is 19.1 Å². The molecule has 2 bridgehead atoms. The number of benzene rings is 1. The molecule has 0 aromatic heterocycles. The van der Waals surface area contributed by atoms with Crippen LogP contribution in [-0.4, -0.2) is 78.5 Å². The number of hydrogen-bond donors (Lipinski definition) is 2. The number of nitrogens with zero attached hydrogens (tertiary/aromatic N) is 2. The molecule has 39 heavy (non-hydrogen) atoms. The number of fused-ring (bicyclic) bond motifs is 1. The number of rotatable bonds is 8. The first-order chi connectivity index (χ1) is 18.5. The van der Waals surface area contributed by atoms with Crippen LogP contribution in [0, 0.1) is 37.5 Å². The second-order valence-electron chi connectivity index (χ2n) is 12.6. The number of aryl methyl sites for hydroxylation is 2. The number of amides is 3. The highest BCUT2D eigenvalue weighted by Gasteiger charge is 2.72. The monoisotopic (exact) mass is 536 g/mol. The van der Waals surface area contributed by atoms with E-state index in [-0.39, 0.29) is 23.8 Å². The van der Waals surface area contributed by atoms with Gasteiger partial charge in [-0.05, 0) is 82.4 Å². The smallest absolute Gasteiger partial charge is 0.246 e. The largest absolute Gasteiger partial charge is 0.359 e. The summed E-state index contributed by atoms with van der Waals surface area (Å²) in [5, 5.41) is 6.36. The van der Waals surface area contributed by atoms with Gasteiger partial charge in [-0.15, -0.1) is 0 Å². The van der Waals surface area contributed by atoms with Crippen molar-refractivity contribution in [3.63, 3.8) is 0 Å². The van der Waals surface area contributed by atoms with Crippen molar-refractivity contribution in [1.29, 1.82) is 0 Å². The molecule has 4 aliphatic rings. The number of ether oxygens (including phenoxy) is 1. The fourth-order valence-electron chi connectivity index (χ4n) is 7.38. The lowest BCUT2D eigenvalue weighted by Crippen LogP contribution is -2.58. The van der Waals surface area contributed by atoms with E-state index in [1.165, 1.54) is 6.42 Å². The summed E-state index contributed by atoms with van der Waals surface area (Å²) in [6.07, 6.45) is 7.17. The van der Waals surface area contributed by atoms with Gasteiger partial charge in [0.25, 0.3) is 0 Å². The van der Waals surface area contributed by atoms with Crippen LogP contribution < -0.4 is 10.6 Å². The molecular formula is C31H44N4O4. The summed E-state index contributed by atoms with van der Waals surface area (Å²) in [7, 11) is 3.99. The van der Waals surface area contributed by atoms with Crippen molar-refractivity contribution in [2.24, 2.45) is 23.7 Å². The van der Waals surface area contributed by atoms with Gasteiger partial charge in [-0.3, -0.25) is 14.4 Å². The predicted molar refractivity (Wildman–Crippen MR) is 151 cm³/mol. The molecule has 5 rings (SSSR count). The average Bonchev–Trinajstić information content (AvgIpc) is 3.49. The van der Waals surface area contributed by atoms with E-state index in [0.29, 0.717) is 24.1 Å². The Kier molecular flexibility index (Phi) is 7.63. The summed E-state index contributed by atoms with van der Waals surface area (Å²) in [5.74, 6) is -1.08. The molecule has 1 saturated carbocycles. The highest BCUT2D eigenvalue weighted by molar-refractivity contribution is 6.02. The summed E-state index contributed by atoms with van der Waals surface area (Å²) in [5.41, 5.74) is 1.69. The van der Waals surface area contributed by atoms with Crippen molar-refractivity contribution in [1.82, 2.24) is 15.1 Å². The number of nitrogens with one attached hydrogen (secondary N) is 2. The van der Waals surface area contributed by atoms with Crippen LogP contribution in [0.15, 0.2) is 30.4 Å². The fraction of sp³-hybridized carbons (Fsp3) is 0.645. The number of anilines is 1. The minimum absolute atomic E-state index is 0.0710. The Balaban J connectivity index is 1.43. The van der Waals surface area contributed by atoms with E-state index in [1.807, 2.05) is 52.2 Å². The van der Waals surface area contributed by atoms with Gasteiger partial charge in [0.05, 0.1) is 17.9 Å². The lowest BCUT2D eigenvalue weighted by Gasteiger charge is -2.38. The van der Waals surface area contributed by atoms with Gasteiger partial charge < -0.3 is 25.2 Å². The van der Waals surface area contributed by atoms with Gasteiger partial charge in [-0.25, -0.2) is 0 Å². The second kappa shape index (κ2) is 10.7. The average molecular weight is 537 g/mol. The Labute approximate surface area is 232 Å². The highest BCUT2D eigenvalue weighted by atomic mass is 16.5. The zero-order valence-corrected chi connectivity index (χ0v) is 24.2. The van der Waals surface area contributed by atoms with Crippen molar-refractivity contribution in [2.45, 2.75) is 77.2 Å². The van der Waals surface area contributed by atoms with E-state index >= 15 is 0 Å².